The monoisotopic (exact) mass is 273 g/mol. The minimum atomic E-state index is -0.446. The largest absolute Gasteiger partial charge is 0.444 e. The Balaban J connectivity index is 0.000000956. The van der Waals surface area contributed by atoms with E-state index < -0.39 is 5.60 Å². The van der Waals surface area contributed by atoms with Gasteiger partial charge in [-0.2, -0.15) is 0 Å². The summed E-state index contributed by atoms with van der Waals surface area (Å²) in [6, 6.07) is 8.39. The second-order valence-corrected chi connectivity index (χ2v) is 5.79. The molecule has 3 nitrogen and oxygen atoms in total. The summed E-state index contributed by atoms with van der Waals surface area (Å²) in [5.41, 5.74) is 2.12. The molecule has 0 unspecified atom stereocenters. The van der Waals surface area contributed by atoms with Gasteiger partial charge in [0, 0.05) is 0 Å². The number of fused-ring (bicyclic) bond motifs is 1. The maximum absolute atomic E-state index is 11.8. The Labute approximate surface area is 121 Å². The molecule has 0 saturated heterocycles. The molecule has 3 heteroatoms. The minimum absolute atomic E-state index is 0.0878. The highest BCUT2D eigenvalue weighted by molar-refractivity contribution is 5.68. The van der Waals surface area contributed by atoms with Crippen molar-refractivity contribution in [1.82, 2.24) is 5.32 Å². The highest BCUT2D eigenvalue weighted by atomic mass is 16.6. The molecule has 1 aromatic rings. The summed E-state index contributed by atoms with van der Waals surface area (Å²) in [4.78, 5) is 11.8. The highest BCUT2D eigenvalue weighted by Gasteiger charge is 2.24. The fraction of sp³-hybridized carbons (Fsp3) is 0.471. The summed E-state index contributed by atoms with van der Waals surface area (Å²) < 4.78 is 5.31. The smallest absolute Gasteiger partial charge is 0.408 e. The summed E-state index contributed by atoms with van der Waals surface area (Å²) >= 11 is 0. The van der Waals surface area contributed by atoms with E-state index in [0.29, 0.717) is 0 Å². The molecule has 1 amide bonds. The quantitative estimate of drug-likeness (QED) is 0.789. The lowest BCUT2D eigenvalue weighted by Gasteiger charge is -2.28. The zero-order valence-electron chi connectivity index (χ0n) is 12.5. The fourth-order valence-corrected chi connectivity index (χ4v) is 2.35. The molecule has 20 heavy (non-hydrogen) atoms. The van der Waals surface area contributed by atoms with Crippen molar-refractivity contribution in [2.75, 3.05) is 0 Å². The van der Waals surface area contributed by atoms with Crippen molar-refractivity contribution in [3.63, 3.8) is 0 Å². The molecule has 0 radical (unpaired) electrons. The van der Waals surface area contributed by atoms with Crippen LogP contribution >= 0.6 is 0 Å². The first-order valence-corrected chi connectivity index (χ1v) is 6.86. The number of alkyl carbamates (subject to hydrolysis) is 1. The zero-order chi connectivity index (χ0) is 15.2. The summed E-state index contributed by atoms with van der Waals surface area (Å²) in [5.74, 6) is 0. The van der Waals surface area contributed by atoms with Crippen molar-refractivity contribution in [3.05, 3.63) is 35.4 Å². The van der Waals surface area contributed by atoms with Crippen molar-refractivity contribution in [1.29, 1.82) is 0 Å². The van der Waals surface area contributed by atoms with E-state index in [2.05, 4.69) is 36.4 Å². The second kappa shape index (κ2) is 7.00. The van der Waals surface area contributed by atoms with E-state index in [4.69, 9.17) is 4.74 Å². The predicted molar refractivity (Wildman–Crippen MR) is 81.4 cm³/mol. The first-order chi connectivity index (χ1) is 9.46. The van der Waals surface area contributed by atoms with Crippen LogP contribution in [0.15, 0.2) is 24.3 Å². The van der Waals surface area contributed by atoms with Gasteiger partial charge < -0.3 is 10.1 Å². The number of carbonyl (C=O) groups excluding carboxylic acids is 1. The third kappa shape index (κ3) is 4.62. The average molecular weight is 273 g/mol. The molecule has 0 aromatic heterocycles. The number of terminal acetylenes is 1. The molecule has 0 spiro atoms. The minimum Gasteiger partial charge on any atom is -0.444 e. The molecular weight excluding hydrogens is 250 g/mol. The topological polar surface area (TPSA) is 38.3 Å². The normalized spacial score (nSPS) is 17.1. The van der Waals surface area contributed by atoms with Gasteiger partial charge in [0.2, 0.25) is 0 Å². The number of hydrogen-bond donors (Lipinski definition) is 1. The van der Waals surface area contributed by atoms with Crippen LogP contribution in [0.4, 0.5) is 4.79 Å². The molecule has 108 valence electrons. The molecular formula is C17H23NO2. The molecule has 0 fully saturated rings. The van der Waals surface area contributed by atoms with E-state index in [1.165, 1.54) is 11.1 Å². The van der Waals surface area contributed by atoms with Gasteiger partial charge in [0.15, 0.2) is 0 Å². The maximum Gasteiger partial charge on any atom is 0.408 e. The van der Waals surface area contributed by atoms with Gasteiger partial charge in [-0.25, -0.2) is 4.79 Å². The van der Waals surface area contributed by atoms with Gasteiger partial charge in [-0.05, 0) is 51.2 Å². The van der Waals surface area contributed by atoms with E-state index in [0.717, 1.165) is 19.3 Å². The highest BCUT2D eigenvalue weighted by Crippen LogP contribution is 2.29. The van der Waals surface area contributed by atoms with Crippen LogP contribution < -0.4 is 5.32 Å². The van der Waals surface area contributed by atoms with Crippen molar-refractivity contribution in [3.8, 4) is 12.8 Å². The molecule has 1 N–H and O–H groups in total. The number of rotatable bonds is 1. The van der Waals surface area contributed by atoms with Gasteiger partial charge in [0.25, 0.3) is 0 Å². The maximum atomic E-state index is 11.8. The first kappa shape index (κ1) is 16.1. The molecule has 0 aliphatic heterocycles. The van der Waals surface area contributed by atoms with Crippen molar-refractivity contribution in [2.45, 2.75) is 51.7 Å². The molecule has 0 heterocycles. The molecule has 0 bridgehead atoms. The second-order valence-electron chi connectivity index (χ2n) is 5.79. The molecule has 1 aliphatic rings. The van der Waals surface area contributed by atoms with E-state index in [1.54, 1.807) is 0 Å². The Bertz CT molecular complexity index is 471. The van der Waals surface area contributed by atoms with Crippen LogP contribution in [-0.2, 0) is 11.2 Å². The van der Waals surface area contributed by atoms with E-state index in [9.17, 15) is 4.79 Å². The van der Waals surface area contributed by atoms with Crippen LogP contribution in [0, 0.1) is 12.8 Å². The van der Waals surface area contributed by atoms with Crippen molar-refractivity contribution in [2.24, 2.45) is 0 Å². The molecule has 2 rings (SSSR count). The number of nitrogens with one attached hydrogen (secondary N) is 1. The molecule has 1 atom stereocenters. The van der Waals surface area contributed by atoms with Gasteiger partial charge in [-0.15, -0.1) is 12.8 Å². The van der Waals surface area contributed by atoms with Gasteiger partial charge in [-0.1, -0.05) is 24.3 Å². The van der Waals surface area contributed by atoms with Gasteiger partial charge in [-0.3, -0.25) is 0 Å². The summed E-state index contributed by atoms with van der Waals surface area (Å²) in [6.07, 6.45) is 10.9. The number of aryl methyl sites for hydroxylation is 1. The fourth-order valence-electron chi connectivity index (χ4n) is 2.35. The Morgan fingerprint density at radius 3 is 2.60 bits per heavy atom. The molecule has 0 saturated carbocycles. The van der Waals surface area contributed by atoms with Crippen LogP contribution in [0.1, 0.15) is 50.8 Å². The molecule has 1 aliphatic carbocycles. The van der Waals surface area contributed by atoms with E-state index in [1.807, 2.05) is 26.8 Å². The van der Waals surface area contributed by atoms with Gasteiger partial charge >= 0.3 is 6.09 Å². The van der Waals surface area contributed by atoms with E-state index >= 15 is 0 Å². The average Bonchev–Trinajstić information content (AvgIpc) is 2.39. The zero-order valence-corrected chi connectivity index (χ0v) is 12.5. The Morgan fingerprint density at radius 2 is 1.95 bits per heavy atom. The number of hydrogen-bond acceptors (Lipinski definition) is 2. The third-order valence-electron chi connectivity index (χ3n) is 3.06. The van der Waals surface area contributed by atoms with Crippen LogP contribution in [0.25, 0.3) is 0 Å². The van der Waals surface area contributed by atoms with Crippen LogP contribution in [-0.4, -0.2) is 11.7 Å². The third-order valence-corrected chi connectivity index (χ3v) is 3.06. The number of amides is 1. The van der Waals surface area contributed by atoms with E-state index in [-0.39, 0.29) is 12.1 Å². The number of ether oxygens (including phenoxy) is 1. The first-order valence-electron chi connectivity index (χ1n) is 6.86. The standard InChI is InChI=1S/C15H21NO2.C2H2/c1-15(2,3)18-14(17)16-13-10-6-8-11-7-4-5-9-12(11)13;1-2/h4-5,7,9,13H,6,8,10H2,1-3H3,(H,16,17);1-2H/t13-;/m0./s1. The predicted octanol–water partition coefficient (Wildman–Crippen LogP) is 3.84. The summed E-state index contributed by atoms with van der Waals surface area (Å²) in [5, 5.41) is 2.97. The van der Waals surface area contributed by atoms with Crippen LogP contribution in [0.5, 0.6) is 0 Å². The van der Waals surface area contributed by atoms with Gasteiger partial charge in [0.05, 0.1) is 6.04 Å². The lowest BCUT2D eigenvalue weighted by atomic mass is 9.88. The number of benzene rings is 1. The lowest BCUT2D eigenvalue weighted by Crippen LogP contribution is -2.36. The summed E-state index contributed by atoms with van der Waals surface area (Å²) in [7, 11) is 0. The van der Waals surface area contributed by atoms with Crippen LogP contribution in [0.3, 0.4) is 0 Å². The Hall–Kier alpha value is -1.95. The SMILES string of the molecule is C#C.CC(C)(C)OC(=O)N[C@H]1CCCc2ccccc21. The summed E-state index contributed by atoms with van der Waals surface area (Å²) in [6.45, 7) is 5.63. The van der Waals surface area contributed by atoms with Crippen LogP contribution in [0.2, 0.25) is 0 Å². The van der Waals surface area contributed by atoms with Crippen molar-refractivity contribution < 1.29 is 9.53 Å². The Kier molecular flexibility index (Phi) is 5.64. The Morgan fingerprint density at radius 1 is 1.30 bits per heavy atom. The van der Waals surface area contributed by atoms with Crippen molar-refractivity contribution >= 4 is 6.09 Å². The number of carbonyl (C=O) groups is 1. The lowest BCUT2D eigenvalue weighted by molar-refractivity contribution is 0.0498. The van der Waals surface area contributed by atoms with Gasteiger partial charge in [0.1, 0.15) is 5.60 Å². The molecule has 1 aromatic carbocycles.